The molecular weight excluding hydrogens is 454 g/mol. The van der Waals surface area contributed by atoms with Gasteiger partial charge in [0.25, 0.3) is 5.91 Å². The van der Waals surface area contributed by atoms with Gasteiger partial charge in [0.2, 0.25) is 11.8 Å². The number of carbonyl (C=O) groups is 3. The fraction of sp³-hybridized carbons (Fsp3) is 0.276. The first-order valence-corrected chi connectivity index (χ1v) is 12.2. The number of benzene rings is 3. The van der Waals surface area contributed by atoms with Crippen LogP contribution in [0.4, 0.5) is 11.4 Å². The molecule has 186 valence electrons. The first-order chi connectivity index (χ1) is 17.4. The van der Waals surface area contributed by atoms with Crippen LogP contribution < -0.4 is 20.3 Å². The number of ether oxygens (including phenoxy) is 1. The molecule has 0 radical (unpaired) electrons. The van der Waals surface area contributed by atoms with Gasteiger partial charge >= 0.3 is 0 Å². The normalized spacial score (nSPS) is 15.0. The van der Waals surface area contributed by atoms with E-state index in [2.05, 4.69) is 29.7 Å². The number of rotatable bonds is 9. The van der Waals surface area contributed by atoms with E-state index in [1.165, 1.54) is 5.56 Å². The van der Waals surface area contributed by atoms with Crippen molar-refractivity contribution in [3.8, 4) is 5.75 Å². The highest BCUT2D eigenvalue weighted by Gasteiger charge is 2.35. The Labute approximate surface area is 211 Å². The molecule has 1 heterocycles. The van der Waals surface area contributed by atoms with Crippen molar-refractivity contribution >= 4 is 29.1 Å². The number of carbonyl (C=O) groups excluding carboxylic acids is 3. The van der Waals surface area contributed by atoms with E-state index in [0.717, 1.165) is 23.2 Å². The molecule has 36 heavy (non-hydrogen) atoms. The maximum absolute atomic E-state index is 12.7. The second-order valence-corrected chi connectivity index (χ2v) is 8.94. The van der Waals surface area contributed by atoms with Crippen LogP contribution in [0.5, 0.6) is 5.75 Å². The van der Waals surface area contributed by atoms with Gasteiger partial charge in [-0.25, -0.2) is 0 Å². The molecule has 7 nitrogen and oxygen atoms in total. The predicted molar refractivity (Wildman–Crippen MR) is 140 cm³/mol. The minimum absolute atomic E-state index is 0.0891. The molecule has 3 aromatic carbocycles. The summed E-state index contributed by atoms with van der Waals surface area (Å²) in [5.74, 6) is -0.334. The summed E-state index contributed by atoms with van der Waals surface area (Å²) in [7, 11) is 0. The monoisotopic (exact) mass is 485 g/mol. The Morgan fingerprint density at radius 2 is 1.67 bits per heavy atom. The summed E-state index contributed by atoms with van der Waals surface area (Å²) in [6.45, 7) is 4.68. The summed E-state index contributed by atoms with van der Waals surface area (Å²) in [5, 5.41) is 5.78. The van der Waals surface area contributed by atoms with Crippen molar-refractivity contribution in [2.24, 2.45) is 5.92 Å². The van der Waals surface area contributed by atoms with Crippen LogP contribution in [-0.2, 0) is 27.3 Å². The van der Waals surface area contributed by atoms with Crippen LogP contribution in [0.3, 0.4) is 0 Å². The summed E-state index contributed by atoms with van der Waals surface area (Å²) in [6, 6.07) is 22.7. The van der Waals surface area contributed by atoms with Crippen LogP contribution in [0.25, 0.3) is 0 Å². The molecule has 4 rings (SSSR count). The molecule has 0 aromatic heterocycles. The number of hydrogen-bond acceptors (Lipinski definition) is 4. The van der Waals surface area contributed by atoms with Gasteiger partial charge < -0.3 is 20.3 Å². The van der Waals surface area contributed by atoms with E-state index in [1.807, 2.05) is 43.3 Å². The van der Waals surface area contributed by atoms with Crippen LogP contribution in [0.2, 0.25) is 0 Å². The Morgan fingerprint density at radius 1 is 0.972 bits per heavy atom. The maximum atomic E-state index is 12.7. The quantitative estimate of drug-likeness (QED) is 0.475. The van der Waals surface area contributed by atoms with Gasteiger partial charge in [-0.05, 0) is 60.4 Å². The lowest BCUT2D eigenvalue weighted by atomic mass is 10.1. The van der Waals surface area contributed by atoms with Gasteiger partial charge in [0.15, 0.2) is 6.61 Å². The van der Waals surface area contributed by atoms with Crippen molar-refractivity contribution in [1.29, 1.82) is 0 Å². The highest BCUT2D eigenvalue weighted by Crippen LogP contribution is 2.27. The third kappa shape index (κ3) is 6.30. The minimum Gasteiger partial charge on any atom is -0.484 e. The van der Waals surface area contributed by atoms with Gasteiger partial charge in [0, 0.05) is 30.9 Å². The molecule has 1 atom stereocenters. The maximum Gasteiger partial charge on any atom is 0.262 e. The zero-order chi connectivity index (χ0) is 25.5. The van der Waals surface area contributed by atoms with Gasteiger partial charge in [0.05, 0.1) is 5.92 Å². The molecule has 3 aromatic rings. The van der Waals surface area contributed by atoms with E-state index < -0.39 is 5.92 Å². The molecular formula is C29H31N3O4. The minimum atomic E-state index is -0.395. The lowest BCUT2D eigenvalue weighted by Crippen LogP contribution is -2.32. The summed E-state index contributed by atoms with van der Waals surface area (Å²) in [6.07, 6.45) is 1.15. The molecule has 0 bridgehead atoms. The van der Waals surface area contributed by atoms with Crippen LogP contribution >= 0.6 is 0 Å². The smallest absolute Gasteiger partial charge is 0.262 e. The van der Waals surface area contributed by atoms with Gasteiger partial charge in [-0.3, -0.25) is 14.4 Å². The van der Waals surface area contributed by atoms with E-state index in [-0.39, 0.29) is 30.7 Å². The summed E-state index contributed by atoms with van der Waals surface area (Å²) in [5.41, 5.74) is 4.71. The Hall–Kier alpha value is -4.13. The molecule has 7 heteroatoms. The fourth-order valence-corrected chi connectivity index (χ4v) is 4.13. The highest BCUT2D eigenvalue weighted by atomic mass is 16.5. The second-order valence-electron chi connectivity index (χ2n) is 8.94. The molecule has 0 saturated carbocycles. The van der Waals surface area contributed by atoms with Gasteiger partial charge in [-0.15, -0.1) is 0 Å². The molecule has 0 unspecified atom stereocenters. The molecule has 2 N–H and O–H groups in total. The topological polar surface area (TPSA) is 87.7 Å². The van der Waals surface area contributed by atoms with E-state index in [1.54, 1.807) is 29.2 Å². The van der Waals surface area contributed by atoms with Crippen LogP contribution in [0.1, 0.15) is 30.0 Å². The van der Waals surface area contributed by atoms with Crippen LogP contribution in [-0.4, -0.2) is 30.9 Å². The van der Waals surface area contributed by atoms with E-state index in [0.29, 0.717) is 24.5 Å². The number of amides is 3. The number of aryl methyl sites for hydroxylation is 2. The van der Waals surface area contributed by atoms with Crippen molar-refractivity contribution in [3.63, 3.8) is 0 Å². The molecule has 1 fully saturated rings. The average Bonchev–Trinajstić information content (AvgIpc) is 3.29. The van der Waals surface area contributed by atoms with Crippen LogP contribution in [0.15, 0.2) is 72.8 Å². The van der Waals surface area contributed by atoms with Gasteiger partial charge in [0.1, 0.15) is 5.75 Å². The molecule has 1 aliphatic heterocycles. The fourth-order valence-electron chi connectivity index (χ4n) is 4.13. The number of para-hydroxylation sites is 1. The standard InChI is InChI=1S/C29H31N3O4/c1-3-21-8-10-22(11-9-21)17-30-29(35)23-16-28(34)32(18-23)24-12-14-25(15-13-24)36-19-27(33)31-26-7-5-4-6-20(26)2/h4-15,23H,3,16-19H2,1-2H3,(H,30,35)(H,31,33)/t23-/m1/s1. The Bertz CT molecular complexity index is 1220. The third-order valence-corrected chi connectivity index (χ3v) is 6.33. The predicted octanol–water partition coefficient (Wildman–Crippen LogP) is 4.24. The highest BCUT2D eigenvalue weighted by molar-refractivity contribution is 6.00. The average molecular weight is 486 g/mol. The summed E-state index contributed by atoms with van der Waals surface area (Å²) in [4.78, 5) is 39.1. The van der Waals surface area contributed by atoms with E-state index >= 15 is 0 Å². The van der Waals surface area contributed by atoms with E-state index in [9.17, 15) is 14.4 Å². The van der Waals surface area contributed by atoms with Crippen molar-refractivity contribution < 1.29 is 19.1 Å². The third-order valence-electron chi connectivity index (χ3n) is 6.33. The van der Waals surface area contributed by atoms with Crippen molar-refractivity contribution in [3.05, 3.63) is 89.5 Å². The lowest BCUT2D eigenvalue weighted by Gasteiger charge is -2.17. The van der Waals surface area contributed by atoms with Crippen molar-refractivity contribution in [2.45, 2.75) is 33.2 Å². The van der Waals surface area contributed by atoms with Crippen LogP contribution in [0, 0.1) is 12.8 Å². The molecule has 1 saturated heterocycles. The van der Waals surface area contributed by atoms with Crippen molar-refractivity contribution in [2.75, 3.05) is 23.4 Å². The Balaban J connectivity index is 1.26. The largest absolute Gasteiger partial charge is 0.484 e. The second kappa shape index (κ2) is 11.5. The zero-order valence-corrected chi connectivity index (χ0v) is 20.6. The van der Waals surface area contributed by atoms with E-state index in [4.69, 9.17) is 4.74 Å². The summed E-state index contributed by atoms with van der Waals surface area (Å²) >= 11 is 0. The van der Waals surface area contributed by atoms with Crippen molar-refractivity contribution in [1.82, 2.24) is 5.32 Å². The Kier molecular flexibility index (Phi) is 8.00. The van der Waals surface area contributed by atoms with Gasteiger partial charge in [-0.2, -0.15) is 0 Å². The number of nitrogens with one attached hydrogen (secondary N) is 2. The molecule has 0 spiro atoms. The number of nitrogens with zero attached hydrogens (tertiary/aromatic N) is 1. The molecule has 0 aliphatic carbocycles. The number of hydrogen-bond donors (Lipinski definition) is 2. The zero-order valence-electron chi connectivity index (χ0n) is 20.6. The number of anilines is 2. The SMILES string of the molecule is CCc1ccc(CNC(=O)[C@@H]2CC(=O)N(c3ccc(OCC(=O)Nc4ccccc4C)cc3)C2)cc1. The lowest BCUT2D eigenvalue weighted by molar-refractivity contribution is -0.126. The first kappa shape index (κ1) is 25.0. The summed E-state index contributed by atoms with van der Waals surface area (Å²) < 4.78 is 5.59. The van der Waals surface area contributed by atoms with Gasteiger partial charge in [-0.1, -0.05) is 49.4 Å². The Morgan fingerprint density at radius 3 is 2.36 bits per heavy atom. The molecule has 1 aliphatic rings. The molecule has 3 amide bonds. The first-order valence-electron chi connectivity index (χ1n) is 12.2.